The maximum atomic E-state index is 13.1. The Morgan fingerprint density at radius 1 is 1.03 bits per heavy atom. The molecule has 1 saturated heterocycles. The number of rotatable bonds is 8. The first kappa shape index (κ1) is 23.1. The summed E-state index contributed by atoms with van der Waals surface area (Å²) in [6.45, 7) is 3.26. The molecule has 3 rings (SSSR count). The van der Waals surface area contributed by atoms with Gasteiger partial charge in [0, 0.05) is 19.1 Å². The Morgan fingerprint density at radius 2 is 1.71 bits per heavy atom. The Labute approximate surface area is 184 Å². The lowest BCUT2D eigenvalue weighted by molar-refractivity contribution is 0.0720. The first-order chi connectivity index (χ1) is 14.9. The minimum absolute atomic E-state index is 0.0422. The molecule has 1 unspecified atom stereocenters. The van der Waals surface area contributed by atoms with Crippen molar-refractivity contribution in [1.82, 2.24) is 9.62 Å². The lowest BCUT2D eigenvalue weighted by Gasteiger charge is -2.27. The molecule has 2 aromatic carbocycles. The lowest BCUT2D eigenvalue weighted by atomic mass is 10.1. The van der Waals surface area contributed by atoms with Crippen molar-refractivity contribution in [3.8, 4) is 11.5 Å². The molecule has 1 fully saturated rings. The molecule has 0 aliphatic carbocycles. The number of hydrogen-bond donors (Lipinski definition) is 1. The second-order valence-electron chi connectivity index (χ2n) is 7.57. The van der Waals surface area contributed by atoms with Crippen molar-refractivity contribution in [3.05, 3.63) is 53.6 Å². The minimum Gasteiger partial charge on any atom is -0.497 e. The Morgan fingerprint density at radius 3 is 2.29 bits per heavy atom. The van der Waals surface area contributed by atoms with Gasteiger partial charge in [0.2, 0.25) is 10.0 Å². The van der Waals surface area contributed by atoms with Crippen LogP contribution in [0.1, 0.15) is 54.6 Å². The number of benzene rings is 2. The minimum atomic E-state index is -3.85. The smallest absolute Gasteiger partial charge is 0.257 e. The quantitative estimate of drug-likeness (QED) is 0.667. The largest absolute Gasteiger partial charge is 0.497 e. The van der Waals surface area contributed by atoms with Crippen LogP contribution in [0.3, 0.4) is 0 Å². The third-order valence-corrected chi connectivity index (χ3v) is 7.05. The predicted molar refractivity (Wildman–Crippen MR) is 119 cm³/mol. The number of carbonyl (C=O) groups excluding carboxylic acids is 1. The fourth-order valence-corrected chi connectivity index (χ4v) is 5.10. The van der Waals surface area contributed by atoms with E-state index in [1.807, 2.05) is 19.1 Å². The number of piperidine rings is 1. The van der Waals surface area contributed by atoms with Crippen LogP contribution >= 0.6 is 0 Å². The number of sulfonamides is 1. The molecule has 7 nitrogen and oxygen atoms in total. The van der Waals surface area contributed by atoms with E-state index in [0.29, 0.717) is 31.0 Å². The van der Waals surface area contributed by atoms with Gasteiger partial charge in [-0.3, -0.25) is 4.79 Å². The van der Waals surface area contributed by atoms with Crippen molar-refractivity contribution in [2.75, 3.05) is 27.3 Å². The van der Waals surface area contributed by atoms with Gasteiger partial charge < -0.3 is 14.4 Å². The molecule has 0 saturated carbocycles. The Kier molecular flexibility index (Phi) is 7.56. The van der Waals surface area contributed by atoms with E-state index in [1.165, 1.54) is 19.2 Å². The van der Waals surface area contributed by atoms with Crippen molar-refractivity contribution < 1.29 is 22.7 Å². The average molecular weight is 447 g/mol. The first-order valence-electron chi connectivity index (χ1n) is 10.5. The van der Waals surface area contributed by atoms with Crippen LogP contribution in [0.4, 0.5) is 0 Å². The number of amides is 1. The maximum absolute atomic E-state index is 13.1. The molecule has 31 heavy (non-hydrogen) atoms. The van der Waals surface area contributed by atoms with Crippen molar-refractivity contribution >= 4 is 15.9 Å². The summed E-state index contributed by atoms with van der Waals surface area (Å²) in [7, 11) is -0.792. The molecular weight excluding hydrogens is 416 g/mol. The van der Waals surface area contributed by atoms with Crippen LogP contribution < -0.4 is 14.2 Å². The second kappa shape index (κ2) is 10.2. The number of carbonyl (C=O) groups is 1. The van der Waals surface area contributed by atoms with Crippen LogP contribution in [0.25, 0.3) is 0 Å². The van der Waals surface area contributed by atoms with Crippen molar-refractivity contribution in [3.63, 3.8) is 0 Å². The van der Waals surface area contributed by atoms with E-state index < -0.39 is 16.1 Å². The number of nitrogens with zero attached hydrogens (tertiary/aromatic N) is 1. The van der Waals surface area contributed by atoms with Gasteiger partial charge >= 0.3 is 0 Å². The molecule has 1 amide bonds. The number of hydrogen-bond acceptors (Lipinski definition) is 5. The van der Waals surface area contributed by atoms with Gasteiger partial charge in [-0.2, -0.15) is 0 Å². The predicted octanol–water partition coefficient (Wildman–Crippen LogP) is 3.76. The van der Waals surface area contributed by atoms with Crippen LogP contribution in [0.15, 0.2) is 47.4 Å². The highest BCUT2D eigenvalue weighted by Gasteiger charge is 2.26. The highest BCUT2D eigenvalue weighted by molar-refractivity contribution is 7.89. The molecule has 0 aromatic heterocycles. The van der Waals surface area contributed by atoms with E-state index in [4.69, 9.17) is 9.47 Å². The summed E-state index contributed by atoms with van der Waals surface area (Å²) in [5, 5.41) is 0. The normalized spacial score (nSPS) is 15.4. The fraction of sp³-hybridized carbons (Fsp3) is 0.435. The van der Waals surface area contributed by atoms with Crippen LogP contribution in [-0.2, 0) is 10.0 Å². The zero-order valence-corrected chi connectivity index (χ0v) is 19.1. The van der Waals surface area contributed by atoms with E-state index >= 15 is 0 Å². The third kappa shape index (κ3) is 5.37. The monoisotopic (exact) mass is 446 g/mol. The van der Waals surface area contributed by atoms with Gasteiger partial charge in [-0.25, -0.2) is 13.1 Å². The van der Waals surface area contributed by atoms with Crippen molar-refractivity contribution in [2.24, 2.45) is 0 Å². The summed E-state index contributed by atoms with van der Waals surface area (Å²) in [5.74, 6) is 0.880. The van der Waals surface area contributed by atoms with E-state index in [2.05, 4.69) is 4.72 Å². The van der Waals surface area contributed by atoms with Crippen LogP contribution in [0.5, 0.6) is 11.5 Å². The van der Waals surface area contributed by atoms with Gasteiger partial charge in [0.25, 0.3) is 5.91 Å². The van der Waals surface area contributed by atoms with E-state index in [0.717, 1.165) is 24.8 Å². The summed E-state index contributed by atoms with van der Waals surface area (Å²) in [6.07, 6.45) is 3.57. The third-order valence-electron chi connectivity index (χ3n) is 5.58. The van der Waals surface area contributed by atoms with Crippen LogP contribution in [-0.4, -0.2) is 46.5 Å². The summed E-state index contributed by atoms with van der Waals surface area (Å²) in [5.41, 5.74) is 1.11. The Hall–Kier alpha value is -2.58. The van der Waals surface area contributed by atoms with Crippen molar-refractivity contribution in [2.45, 2.75) is 43.5 Å². The molecular formula is C23H30N2O5S. The summed E-state index contributed by atoms with van der Waals surface area (Å²) >= 11 is 0. The number of methoxy groups -OCH3 is 2. The SMILES string of the molecule is CCC(NS(=O)(=O)c1ccc(OC)c(C(=O)N2CCCCC2)c1)c1ccc(OC)cc1. The Balaban J connectivity index is 1.87. The number of ether oxygens (including phenoxy) is 2. The zero-order chi connectivity index (χ0) is 22.4. The molecule has 168 valence electrons. The zero-order valence-electron chi connectivity index (χ0n) is 18.3. The molecule has 1 atom stereocenters. The van der Waals surface area contributed by atoms with Gasteiger partial charge in [0.15, 0.2) is 0 Å². The van der Waals surface area contributed by atoms with Crippen LogP contribution in [0.2, 0.25) is 0 Å². The number of likely N-dealkylation sites (tertiary alicyclic amines) is 1. The van der Waals surface area contributed by atoms with Gasteiger partial charge in [-0.15, -0.1) is 0 Å². The van der Waals surface area contributed by atoms with Crippen molar-refractivity contribution in [1.29, 1.82) is 0 Å². The summed E-state index contributed by atoms with van der Waals surface area (Å²) < 4.78 is 39.6. The molecule has 1 aliphatic rings. The fourth-order valence-electron chi connectivity index (χ4n) is 3.77. The summed E-state index contributed by atoms with van der Waals surface area (Å²) in [6, 6.07) is 11.3. The lowest BCUT2D eigenvalue weighted by Crippen LogP contribution is -2.36. The average Bonchev–Trinajstić information content (AvgIpc) is 2.82. The topological polar surface area (TPSA) is 84.9 Å². The first-order valence-corrected chi connectivity index (χ1v) is 12.0. The van der Waals surface area contributed by atoms with Gasteiger partial charge in [0.1, 0.15) is 11.5 Å². The molecule has 0 bridgehead atoms. The van der Waals surface area contributed by atoms with E-state index in [1.54, 1.807) is 30.2 Å². The summed E-state index contributed by atoms with van der Waals surface area (Å²) in [4.78, 5) is 14.8. The molecule has 8 heteroatoms. The molecule has 2 aromatic rings. The maximum Gasteiger partial charge on any atom is 0.257 e. The van der Waals surface area contributed by atoms with E-state index in [-0.39, 0.29) is 16.4 Å². The number of nitrogens with one attached hydrogen (secondary N) is 1. The highest BCUT2D eigenvalue weighted by atomic mass is 32.2. The molecule has 0 radical (unpaired) electrons. The standard InChI is InChI=1S/C23H30N2O5S/c1-4-21(17-8-10-18(29-2)11-9-17)24-31(27,28)19-12-13-22(30-3)20(16-19)23(26)25-14-6-5-7-15-25/h8-13,16,21,24H,4-7,14-15H2,1-3H3. The molecule has 1 N–H and O–H groups in total. The molecule has 0 spiro atoms. The van der Waals surface area contributed by atoms with Gasteiger partial charge in [0.05, 0.1) is 24.7 Å². The molecule has 1 aliphatic heterocycles. The highest BCUT2D eigenvalue weighted by Crippen LogP contribution is 2.27. The van der Waals surface area contributed by atoms with Gasteiger partial charge in [-0.1, -0.05) is 19.1 Å². The van der Waals surface area contributed by atoms with E-state index in [9.17, 15) is 13.2 Å². The van der Waals surface area contributed by atoms with Crippen LogP contribution in [0, 0.1) is 0 Å². The Bertz CT molecular complexity index is 999. The van der Waals surface area contributed by atoms with Gasteiger partial charge in [-0.05, 0) is 61.6 Å². The second-order valence-corrected chi connectivity index (χ2v) is 9.28. The molecule has 1 heterocycles.